The summed E-state index contributed by atoms with van der Waals surface area (Å²) in [6.45, 7) is 0.463. The van der Waals surface area contributed by atoms with Crippen LogP contribution in [0.1, 0.15) is 17.2 Å². The number of likely N-dealkylation sites (N-methyl/N-ethyl adjacent to an activating group) is 1. The van der Waals surface area contributed by atoms with Crippen LogP contribution in [0.25, 0.3) is 6.08 Å². The van der Waals surface area contributed by atoms with Gasteiger partial charge in [-0.25, -0.2) is 8.42 Å². The molecule has 172 valence electrons. The summed E-state index contributed by atoms with van der Waals surface area (Å²) >= 11 is 6.03. The summed E-state index contributed by atoms with van der Waals surface area (Å²) in [6, 6.07) is 22.9. The Kier molecular flexibility index (Phi) is 8.27. The monoisotopic (exact) mass is 483 g/mol. The average molecular weight is 484 g/mol. The Balaban J connectivity index is 1.60. The van der Waals surface area contributed by atoms with E-state index in [1.807, 2.05) is 44.4 Å². The van der Waals surface area contributed by atoms with Gasteiger partial charge in [0.25, 0.3) is 10.0 Å². The smallest absolute Gasteiger partial charge is 0.261 e. The number of rotatable bonds is 9. The summed E-state index contributed by atoms with van der Waals surface area (Å²) < 4.78 is 27.7. The lowest BCUT2D eigenvalue weighted by molar-refractivity contribution is -0.116. The van der Waals surface area contributed by atoms with Crippen molar-refractivity contribution in [2.24, 2.45) is 0 Å². The van der Waals surface area contributed by atoms with Crippen LogP contribution in [0.2, 0.25) is 5.02 Å². The van der Waals surface area contributed by atoms with Gasteiger partial charge in [-0.15, -0.1) is 0 Å². The van der Waals surface area contributed by atoms with E-state index in [9.17, 15) is 13.2 Å². The number of para-hydroxylation sites is 1. The van der Waals surface area contributed by atoms with E-state index in [-0.39, 0.29) is 16.8 Å². The lowest BCUT2D eigenvalue weighted by atomic mass is 10.1. The second kappa shape index (κ2) is 11.1. The number of carbonyl (C=O) groups excluding carboxylic acids is 1. The summed E-state index contributed by atoms with van der Waals surface area (Å²) in [5.74, 6) is -0.227. The third-order valence-electron chi connectivity index (χ3n) is 5.01. The standard InChI is InChI=1S/C25H26ClN3O3S/c1-29(2)24(20-8-4-3-5-9-20)18-27-25(30)17-14-19-12-15-21(16-13-19)33(31,32)28-23-11-7-6-10-22(23)26/h3-17,24,28H,18H2,1-2H3,(H,27,30)/b17-14+. The van der Waals surface area contributed by atoms with E-state index in [1.165, 1.54) is 18.2 Å². The number of nitrogens with one attached hydrogen (secondary N) is 2. The van der Waals surface area contributed by atoms with Crippen molar-refractivity contribution in [1.82, 2.24) is 10.2 Å². The molecule has 0 aliphatic heterocycles. The van der Waals surface area contributed by atoms with Gasteiger partial charge in [-0.1, -0.05) is 66.2 Å². The molecule has 33 heavy (non-hydrogen) atoms. The number of hydrogen-bond donors (Lipinski definition) is 2. The number of carbonyl (C=O) groups is 1. The molecule has 0 radical (unpaired) electrons. The maximum Gasteiger partial charge on any atom is 0.261 e. The first-order valence-electron chi connectivity index (χ1n) is 10.3. The fourth-order valence-corrected chi connectivity index (χ4v) is 4.53. The average Bonchev–Trinajstić information content (AvgIpc) is 2.80. The highest BCUT2D eigenvalue weighted by molar-refractivity contribution is 7.92. The van der Waals surface area contributed by atoms with Gasteiger partial charge in [-0.2, -0.15) is 0 Å². The molecule has 0 spiro atoms. The Bertz CT molecular complexity index is 1210. The highest BCUT2D eigenvalue weighted by atomic mass is 35.5. The molecule has 0 aliphatic carbocycles. The van der Waals surface area contributed by atoms with Crippen LogP contribution in [-0.4, -0.2) is 39.9 Å². The Morgan fingerprint density at radius 3 is 2.24 bits per heavy atom. The van der Waals surface area contributed by atoms with Gasteiger partial charge < -0.3 is 10.2 Å². The molecule has 2 N–H and O–H groups in total. The molecule has 0 saturated carbocycles. The van der Waals surface area contributed by atoms with Crippen molar-refractivity contribution in [3.8, 4) is 0 Å². The molecule has 3 aromatic carbocycles. The van der Waals surface area contributed by atoms with E-state index in [0.717, 1.165) is 5.56 Å². The molecule has 1 atom stereocenters. The summed E-state index contributed by atoms with van der Waals surface area (Å²) in [7, 11) is 0.157. The number of anilines is 1. The second-order valence-electron chi connectivity index (χ2n) is 7.62. The second-order valence-corrected chi connectivity index (χ2v) is 9.71. The van der Waals surface area contributed by atoms with E-state index in [4.69, 9.17) is 11.6 Å². The summed E-state index contributed by atoms with van der Waals surface area (Å²) in [5.41, 5.74) is 2.13. The normalized spacial score (nSPS) is 12.6. The van der Waals surface area contributed by atoms with E-state index in [0.29, 0.717) is 22.8 Å². The molecule has 0 heterocycles. The van der Waals surface area contributed by atoms with Crippen LogP contribution in [0.3, 0.4) is 0 Å². The van der Waals surface area contributed by atoms with E-state index in [2.05, 4.69) is 14.9 Å². The van der Waals surface area contributed by atoms with Crippen LogP contribution in [0.15, 0.2) is 89.8 Å². The van der Waals surface area contributed by atoms with E-state index >= 15 is 0 Å². The Morgan fingerprint density at radius 2 is 1.61 bits per heavy atom. The molecule has 1 unspecified atom stereocenters. The van der Waals surface area contributed by atoms with Gasteiger partial charge in [0.1, 0.15) is 0 Å². The minimum atomic E-state index is -3.78. The Morgan fingerprint density at radius 1 is 0.970 bits per heavy atom. The van der Waals surface area contributed by atoms with Crippen molar-refractivity contribution >= 4 is 39.3 Å². The molecule has 0 aliphatic rings. The predicted molar refractivity (Wildman–Crippen MR) is 134 cm³/mol. The fourth-order valence-electron chi connectivity index (χ4n) is 3.21. The number of amides is 1. The fraction of sp³-hybridized carbons (Fsp3) is 0.160. The minimum absolute atomic E-state index is 0.0543. The van der Waals surface area contributed by atoms with Gasteiger partial charge in [-0.3, -0.25) is 9.52 Å². The molecule has 0 aromatic heterocycles. The number of benzene rings is 3. The molecule has 0 fully saturated rings. The van der Waals surface area contributed by atoms with Crippen molar-refractivity contribution in [3.63, 3.8) is 0 Å². The molecule has 3 rings (SSSR count). The van der Waals surface area contributed by atoms with Gasteiger partial charge in [0.15, 0.2) is 0 Å². The molecule has 1 amide bonds. The maximum absolute atomic E-state index is 12.6. The summed E-state index contributed by atoms with van der Waals surface area (Å²) in [5, 5.41) is 3.23. The highest BCUT2D eigenvalue weighted by Crippen LogP contribution is 2.24. The third kappa shape index (κ3) is 6.92. The van der Waals surface area contributed by atoms with Crippen LogP contribution in [0.4, 0.5) is 5.69 Å². The molecule has 0 bridgehead atoms. The first-order chi connectivity index (χ1) is 15.8. The minimum Gasteiger partial charge on any atom is -0.351 e. The van der Waals surface area contributed by atoms with Gasteiger partial charge in [0.2, 0.25) is 5.91 Å². The Hall–Kier alpha value is -3.13. The molecule has 6 nitrogen and oxygen atoms in total. The number of sulfonamides is 1. The van der Waals surface area contributed by atoms with Crippen molar-refractivity contribution in [2.45, 2.75) is 10.9 Å². The molecular weight excluding hydrogens is 458 g/mol. The summed E-state index contributed by atoms with van der Waals surface area (Å²) in [6.07, 6.45) is 3.07. The first kappa shape index (κ1) is 24.5. The largest absolute Gasteiger partial charge is 0.351 e. The third-order valence-corrected chi connectivity index (χ3v) is 6.72. The lowest BCUT2D eigenvalue weighted by Gasteiger charge is -2.24. The van der Waals surface area contributed by atoms with Gasteiger partial charge >= 0.3 is 0 Å². The number of nitrogens with zero attached hydrogens (tertiary/aromatic N) is 1. The number of hydrogen-bond acceptors (Lipinski definition) is 4. The zero-order valence-electron chi connectivity index (χ0n) is 18.4. The van der Waals surface area contributed by atoms with Crippen LogP contribution >= 0.6 is 11.6 Å². The highest BCUT2D eigenvalue weighted by Gasteiger charge is 2.16. The lowest BCUT2D eigenvalue weighted by Crippen LogP contribution is -2.33. The van der Waals surface area contributed by atoms with Crippen molar-refractivity contribution in [2.75, 3.05) is 25.4 Å². The topological polar surface area (TPSA) is 78.5 Å². The van der Waals surface area contributed by atoms with Crippen LogP contribution < -0.4 is 10.0 Å². The van der Waals surface area contributed by atoms with Crippen molar-refractivity contribution in [1.29, 1.82) is 0 Å². The molecule has 3 aromatic rings. The predicted octanol–water partition coefficient (Wildman–Crippen LogP) is 4.57. The molecule has 8 heteroatoms. The van der Waals surface area contributed by atoms with Crippen LogP contribution in [0.5, 0.6) is 0 Å². The van der Waals surface area contributed by atoms with E-state index in [1.54, 1.807) is 42.5 Å². The zero-order chi connectivity index (χ0) is 23.8. The SMILES string of the molecule is CN(C)C(CNC(=O)/C=C/c1ccc(S(=O)(=O)Nc2ccccc2Cl)cc1)c1ccccc1. The van der Waals surface area contributed by atoms with Crippen LogP contribution in [-0.2, 0) is 14.8 Å². The van der Waals surface area contributed by atoms with Gasteiger partial charge in [0, 0.05) is 12.6 Å². The molecule has 0 saturated heterocycles. The maximum atomic E-state index is 12.6. The van der Waals surface area contributed by atoms with Crippen LogP contribution in [0, 0.1) is 0 Å². The first-order valence-corrected chi connectivity index (χ1v) is 12.2. The zero-order valence-corrected chi connectivity index (χ0v) is 20.0. The van der Waals surface area contributed by atoms with Gasteiger partial charge in [-0.05, 0) is 55.6 Å². The van der Waals surface area contributed by atoms with Crippen molar-refractivity contribution < 1.29 is 13.2 Å². The Labute approximate surface area is 199 Å². The quantitative estimate of drug-likeness (QED) is 0.437. The van der Waals surface area contributed by atoms with E-state index < -0.39 is 10.0 Å². The molecular formula is C25H26ClN3O3S. The summed E-state index contributed by atoms with van der Waals surface area (Å²) in [4.78, 5) is 14.4. The number of halogens is 1. The van der Waals surface area contributed by atoms with Crippen molar-refractivity contribution in [3.05, 3.63) is 101 Å². The van der Waals surface area contributed by atoms with Gasteiger partial charge in [0.05, 0.1) is 21.6 Å².